The molecule has 0 atom stereocenters. The molecule has 0 fully saturated rings. The van der Waals surface area contributed by atoms with Gasteiger partial charge in [0.25, 0.3) is 5.91 Å². The molecule has 0 saturated heterocycles. The maximum Gasteiger partial charge on any atom is 0.272 e. The third-order valence-electron chi connectivity index (χ3n) is 3.11. The monoisotopic (exact) mass is 278 g/mol. The zero-order valence-electron chi connectivity index (χ0n) is 12.3. The van der Waals surface area contributed by atoms with Crippen LogP contribution in [0.1, 0.15) is 29.9 Å². The Morgan fingerprint density at radius 1 is 1.25 bits per heavy atom. The third kappa shape index (κ3) is 4.03. The van der Waals surface area contributed by atoms with Gasteiger partial charge >= 0.3 is 0 Å². The lowest BCUT2D eigenvalue weighted by molar-refractivity contribution is -0.131. The number of carbonyl (C=O) groups is 2. The van der Waals surface area contributed by atoms with E-state index >= 15 is 0 Å². The molecule has 0 unspecified atom stereocenters. The zero-order valence-corrected chi connectivity index (χ0v) is 12.3. The van der Waals surface area contributed by atoms with Crippen molar-refractivity contribution in [2.24, 2.45) is 5.73 Å². The zero-order chi connectivity index (χ0) is 15.1. The standard InChI is InChI=1S/C14H22N4O2/c1-4-18(5-2)13(19)10-17(3)14(20)12-7-6-11(8-15)9-16-12/h6-7,9H,4-5,8,10,15H2,1-3H3. The van der Waals surface area contributed by atoms with Crippen molar-refractivity contribution in [3.8, 4) is 0 Å². The lowest BCUT2D eigenvalue weighted by atomic mass is 10.2. The summed E-state index contributed by atoms with van der Waals surface area (Å²) < 4.78 is 0. The molecule has 6 heteroatoms. The number of amides is 2. The summed E-state index contributed by atoms with van der Waals surface area (Å²) in [6, 6.07) is 3.39. The SMILES string of the molecule is CCN(CC)C(=O)CN(C)C(=O)c1ccc(CN)cn1. The second kappa shape index (κ2) is 7.59. The minimum Gasteiger partial charge on any atom is -0.342 e. The summed E-state index contributed by atoms with van der Waals surface area (Å²) in [5, 5.41) is 0. The number of carbonyl (C=O) groups excluding carboxylic acids is 2. The highest BCUT2D eigenvalue weighted by Crippen LogP contribution is 2.03. The van der Waals surface area contributed by atoms with Crippen molar-refractivity contribution in [3.05, 3.63) is 29.6 Å². The average Bonchev–Trinajstić information content (AvgIpc) is 2.47. The van der Waals surface area contributed by atoms with E-state index in [0.717, 1.165) is 5.56 Å². The van der Waals surface area contributed by atoms with Gasteiger partial charge in [-0.3, -0.25) is 14.6 Å². The van der Waals surface area contributed by atoms with Crippen LogP contribution in [0.2, 0.25) is 0 Å². The fourth-order valence-corrected chi connectivity index (χ4v) is 1.82. The molecule has 20 heavy (non-hydrogen) atoms. The molecule has 0 aliphatic rings. The number of hydrogen-bond acceptors (Lipinski definition) is 4. The van der Waals surface area contributed by atoms with E-state index in [1.54, 1.807) is 30.3 Å². The van der Waals surface area contributed by atoms with E-state index in [-0.39, 0.29) is 18.4 Å². The van der Waals surface area contributed by atoms with Crippen molar-refractivity contribution in [1.82, 2.24) is 14.8 Å². The van der Waals surface area contributed by atoms with Crippen LogP contribution >= 0.6 is 0 Å². The van der Waals surface area contributed by atoms with E-state index in [2.05, 4.69) is 4.98 Å². The van der Waals surface area contributed by atoms with E-state index in [0.29, 0.717) is 25.3 Å². The van der Waals surface area contributed by atoms with Gasteiger partial charge in [0, 0.05) is 32.9 Å². The Kier molecular flexibility index (Phi) is 6.11. The molecule has 0 aromatic carbocycles. The number of nitrogens with two attached hydrogens (primary N) is 1. The van der Waals surface area contributed by atoms with E-state index in [1.807, 2.05) is 13.8 Å². The van der Waals surface area contributed by atoms with Gasteiger partial charge in [-0.05, 0) is 25.5 Å². The van der Waals surface area contributed by atoms with Gasteiger partial charge in [0.2, 0.25) is 5.91 Å². The number of nitrogens with zero attached hydrogens (tertiary/aromatic N) is 3. The van der Waals surface area contributed by atoms with Gasteiger partial charge in [0.1, 0.15) is 5.69 Å². The van der Waals surface area contributed by atoms with Gasteiger partial charge in [-0.1, -0.05) is 6.07 Å². The summed E-state index contributed by atoms with van der Waals surface area (Å²) in [4.78, 5) is 31.2. The van der Waals surface area contributed by atoms with Crippen molar-refractivity contribution < 1.29 is 9.59 Å². The van der Waals surface area contributed by atoms with Crippen LogP contribution in [0.15, 0.2) is 18.3 Å². The molecular formula is C14H22N4O2. The summed E-state index contributed by atoms with van der Waals surface area (Å²) in [5.74, 6) is -0.335. The van der Waals surface area contributed by atoms with Crippen LogP contribution in [0.3, 0.4) is 0 Å². The van der Waals surface area contributed by atoms with E-state index in [9.17, 15) is 9.59 Å². The van der Waals surface area contributed by atoms with E-state index in [1.165, 1.54) is 4.90 Å². The highest BCUT2D eigenvalue weighted by molar-refractivity contribution is 5.94. The second-order valence-electron chi connectivity index (χ2n) is 4.48. The Labute approximate surface area is 119 Å². The molecular weight excluding hydrogens is 256 g/mol. The fraction of sp³-hybridized carbons (Fsp3) is 0.500. The number of rotatable bonds is 6. The molecule has 1 aromatic heterocycles. The minimum absolute atomic E-state index is 0.0564. The van der Waals surface area contributed by atoms with Crippen molar-refractivity contribution >= 4 is 11.8 Å². The van der Waals surface area contributed by atoms with Gasteiger partial charge < -0.3 is 15.5 Å². The van der Waals surface area contributed by atoms with Crippen molar-refractivity contribution in [2.75, 3.05) is 26.7 Å². The molecule has 2 amide bonds. The van der Waals surface area contributed by atoms with Crippen LogP contribution in [0.25, 0.3) is 0 Å². The first kappa shape index (κ1) is 16.1. The summed E-state index contributed by atoms with van der Waals surface area (Å²) in [5.41, 5.74) is 6.66. The van der Waals surface area contributed by atoms with Crippen LogP contribution < -0.4 is 5.73 Å². The molecule has 0 bridgehead atoms. The lowest BCUT2D eigenvalue weighted by Gasteiger charge is -2.23. The minimum atomic E-state index is -0.269. The molecule has 1 aromatic rings. The highest BCUT2D eigenvalue weighted by Gasteiger charge is 2.18. The molecule has 6 nitrogen and oxygen atoms in total. The summed E-state index contributed by atoms with van der Waals surface area (Å²) in [7, 11) is 1.60. The Morgan fingerprint density at radius 3 is 2.35 bits per heavy atom. The van der Waals surface area contributed by atoms with Crippen LogP contribution in [0, 0.1) is 0 Å². The average molecular weight is 278 g/mol. The second-order valence-corrected chi connectivity index (χ2v) is 4.48. The molecule has 110 valence electrons. The van der Waals surface area contributed by atoms with Gasteiger partial charge in [-0.25, -0.2) is 0 Å². The first-order chi connectivity index (χ1) is 9.53. The van der Waals surface area contributed by atoms with Gasteiger partial charge in [0.05, 0.1) is 6.54 Å². The molecule has 0 saturated carbocycles. The van der Waals surface area contributed by atoms with Gasteiger partial charge in [-0.2, -0.15) is 0 Å². The Hall–Kier alpha value is -1.95. The molecule has 0 radical (unpaired) electrons. The third-order valence-corrected chi connectivity index (χ3v) is 3.11. The van der Waals surface area contributed by atoms with Crippen molar-refractivity contribution in [1.29, 1.82) is 0 Å². The smallest absolute Gasteiger partial charge is 0.272 e. The van der Waals surface area contributed by atoms with Crippen molar-refractivity contribution in [3.63, 3.8) is 0 Å². The van der Waals surface area contributed by atoms with E-state index in [4.69, 9.17) is 5.73 Å². The maximum atomic E-state index is 12.1. The van der Waals surface area contributed by atoms with Gasteiger partial charge in [-0.15, -0.1) is 0 Å². The summed E-state index contributed by atoms with van der Waals surface area (Å²) >= 11 is 0. The molecule has 1 rings (SSSR count). The predicted octanol–water partition coefficient (Wildman–Crippen LogP) is 0.481. The predicted molar refractivity (Wildman–Crippen MR) is 77.0 cm³/mol. The Bertz CT molecular complexity index is 455. The highest BCUT2D eigenvalue weighted by atomic mass is 16.2. The maximum absolute atomic E-state index is 12.1. The number of hydrogen-bond donors (Lipinski definition) is 1. The summed E-state index contributed by atoms with van der Waals surface area (Å²) in [6.07, 6.45) is 1.58. The number of likely N-dealkylation sites (N-methyl/N-ethyl adjacent to an activating group) is 2. The first-order valence-electron chi connectivity index (χ1n) is 6.71. The lowest BCUT2D eigenvalue weighted by Crippen LogP contribution is -2.41. The fourth-order valence-electron chi connectivity index (χ4n) is 1.82. The number of aromatic nitrogens is 1. The molecule has 1 heterocycles. The van der Waals surface area contributed by atoms with Crippen LogP contribution in [-0.2, 0) is 11.3 Å². The number of pyridine rings is 1. The molecule has 2 N–H and O–H groups in total. The quantitative estimate of drug-likeness (QED) is 0.821. The first-order valence-corrected chi connectivity index (χ1v) is 6.71. The molecule has 0 spiro atoms. The topological polar surface area (TPSA) is 79.5 Å². The van der Waals surface area contributed by atoms with Crippen LogP contribution in [0.4, 0.5) is 0 Å². The Morgan fingerprint density at radius 2 is 1.90 bits per heavy atom. The molecule has 0 aliphatic heterocycles. The van der Waals surface area contributed by atoms with Crippen LogP contribution in [-0.4, -0.2) is 53.3 Å². The summed E-state index contributed by atoms with van der Waals surface area (Å²) in [6.45, 7) is 5.55. The largest absolute Gasteiger partial charge is 0.342 e. The molecule has 0 aliphatic carbocycles. The van der Waals surface area contributed by atoms with E-state index < -0.39 is 0 Å². The van der Waals surface area contributed by atoms with Crippen molar-refractivity contribution in [2.45, 2.75) is 20.4 Å². The van der Waals surface area contributed by atoms with Gasteiger partial charge in [0.15, 0.2) is 0 Å². The normalized spacial score (nSPS) is 10.2. The van der Waals surface area contributed by atoms with Crippen LogP contribution in [0.5, 0.6) is 0 Å². The Balaban J connectivity index is 2.68.